The average Bonchev–Trinajstić information content (AvgIpc) is 2.65. The van der Waals surface area contributed by atoms with E-state index in [1.54, 1.807) is 43.3 Å². The molecule has 1 aliphatic heterocycles. The van der Waals surface area contributed by atoms with Crippen LogP contribution in [0.1, 0.15) is 12.8 Å². The number of methoxy groups -OCH3 is 1. The number of ether oxygens (including phenoxy) is 2. The Morgan fingerprint density at radius 3 is 2.40 bits per heavy atom. The SMILES string of the molecule is COc1ccc(OCCNC(=O)C(=O)N(C)C2CCN(C)CC2)cc1. The van der Waals surface area contributed by atoms with Gasteiger partial charge in [-0.25, -0.2) is 0 Å². The number of benzene rings is 1. The summed E-state index contributed by atoms with van der Waals surface area (Å²) in [4.78, 5) is 28.0. The minimum absolute atomic E-state index is 0.130. The first-order valence-corrected chi connectivity index (χ1v) is 8.51. The molecule has 7 nitrogen and oxygen atoms in total. The Morgan fingerprint density at radius 2 is 1.80 bits per heavy atom. The molecule has 2 rings (SSSR count). The lowest BCUT2D eigenvalue weighted by Crippen LogP contribution is -2.49. The van der Waals surface area contributed by atoms with E-state index in [2.05, 4.69) is 17.3 Å². The second kappa shape index (κ2) is 9.27. The third-order valence-electron chi connectivity index (χ3n) is 4.47. The monoisotopic (exact) mass is 349 g/mol. The van der Waals surface area contributed by atoms with Gasteiger partial charge in [-0.05, 0) is 57.2 Å². The van der Waals surface area contributed by atoms with Gasteiger partial charge in [0.05, 0.1) is 13.7 Å². The maximum Gasteiger partial charge on any atom is 0.311 e. The summed E-state index contributed by atoms with van der Waals surface area (Å²) in [5.74, 6) is 0.367. The first kappa shape index (κ1) is 19.1. The van der Waals surface area contributed by atoms with E-state index in [0.717, 1.165) is 31.7 Å². The predicted molar refractivity (Wildman–Crippen MR) is 94.8 cm³/mol. The summed E-state index contributed by atoms with van der Waals surface area (Å²) in [7, 11) is 5.37. The van der Waals surface area contributed by atoms with Crippen LogP contribution in [0, 0.1) is 0 Å². The summed E-state index contributed by atoms with van der Waals surface area (Å²) in [5.41, 5.74) is 0. The standard InChI is InChI=1S/C18H27N3O4/c1-20-11-8-14(9-12-20)21(2)18(23)17(22)19-10-13-25-16-6-4-15(24-3)5-7-16/h4-7,14H,8-13H2,1-3H3,(H,19,22). The molecule has 138 valence electrons. The van der Waals surface area contributed by atoms with Crippen LogP contribution in [0.2, 0.25) is 0 Å². The molecule has 0 aliphatic carbocycles. The number of hydrogen-bond donors (Lipinski definition) is 1. The summed E-state index contributed by atoms with van der Waals surface area (Å²) in [6.07, 6.45) is 1.79. The van der Waals surface area contributed by atoms with Crippen molar-refractivity contribution in [3.63, 3.8) is 0 Å². The molecule has 0 bridgehead atoms. The van der Waals surface area contributed by atoms with Gasteiger partial charge >= 0.3 is 11.8 Å². The van der Waals surface area contributed by atoms with Gasteiger partial charge in [-0.1, -0.05) is 0 Å². The van der Waals surface area contributed by atoms with E-state index in [0.29, 0.717) is 12.4 Å². The predicted octanol–water partition coefficient (Wildman–Crippen LogP) is 0.743. The van der Waals surface area contributed by atoms with E-state index in [9.17, 15) is 9.59 Å². The van der Waals surface area contributed by atoms with Gasteiger partial charge in [0.2, 0.25) is 0 Å². The Hall–Kier alpha value is -2.28. The highest BCUT2D eigenvalue weighted by atomic mass is 16.5. The summed E-state index contributed by atoms with van der Waals surface area (Å²) in [5, 5.41) is 2.61. The van der Waals surface area contributed by atoms with Crippen LogP contribution in [0.5, 0.6) is 11.5 Å². The highest BCUT2D eigenvalue weighted by Gasteiger charge is 2.27. The van der Waals surface area contributed by atoms with E-state index >= 15 is 0 Å². The fourth-order valence-electron chi connectivity index (χ4n) is 2.79. The second-order valence-corrected chi connectivity index (χ2v) is 6.23. The molecule has 1 aromatic carbocycles. The highest BCUT2D eigenvalue weighted by molar-refractivity contribution is 6.35. The van der Waals surface area contributed by atoms with Gasteiger partial charge in [-0.3, -0.25) is 9.59 Å². The first-order chi connectivity index (χ1) is 12.0. The maximum atomic E-state index is 12.2. The van der Waals surface area contributed by atoms with Crippen LogP contribution >= 0.6 is 0 Å². The van der Waals surface area contributed by atoms with Crippen LogP contribution in [-0.4, -0.2) is 75.1 Å². The lowest BCUT2D eigenvalue weighted by atomic mass is 10.0. The highest BCUT2D eigenvalue weighted by Crippen LogP contribution is 2.17. The lowest BCUT2D eigenvalue weighted by molar-refractivity contribution is -0.146. The van der Waals surface area contributed by atoms with E-state index in [4.69, 9.17) is 9.47 Å². The molecule has 1 aliphatic rings. The second-order valence-electron chi connectivity index (χ2n) is 6.23. The molecule has 1 N–H and O–H groups in total. The minimum Gasteiger partial charge on any atom is -0.497 e. The molecule has 0 unspecified atom stereocenters. The average molecular weight is 349 g/mol. The van der Waals surface area contributed by atoms with Crippen molar-refractivity contribution in [3.05, 3.63) is 24.3 Å². The number of likely N-dealkylation sites (N-methyl/N-ethyl adjacent to an activating group) is 1. The number of hydrogen-bond acceptors (Lipinski definition) is 5. The molecule has 7 heteroatoms. The zero-order valence-electron chi connectivity index (χ0n) is 15.2. The Morgan fingerprint density at radius 1 is 1.20 bits per heavy atom. The molecule has 0 saturated carbocycles. The summed E-state index contributed by atoms with van der Waals surface area (Å²) >= 11 is 0. The summed E-state index contributed by atoms with van der Waals surface area (Å²) in [6, 6.07) is 7.31. The first-order valence-electron chi connectivity index (χ1n) is 8.51. The van der Waals surface area contributed by atoms with Crippen molar-refractivity contribution in [2.75, 3.05) is 47.4 Å². The molecule has 2 amide bonds. The number of nitrogens with one attached hydrogen (secondary N) is 1. The van der Waals surface area contributed by atoms with Crippen molar-refractivity contribution in [2.45, 2.75) is 18.9 Å². The molecule has 0 radical (unpaired) electrons. The molecule has 1 aromatic rings. The Labute approximate surface area is 148 Å². The molecule has 1 fully saturated rings. The van der Waals surface area contributed by atoms with Crippen LogP contribution in [0.25, 0.3) is 0 Å². The molecule has 0 spiro atoms. The van der Waals surface area contributed by atoms with Gasteiger partial charge in [0.25, 0.3) is 0 Å². The Bertz CT molecular complexity index is 568. The van der Waals surface area contributed by atoms with Gasteiger partial charge in [-0.2, -0.15) is 0 Å². The Kier molecular flexibility index (Phi) is 7.06. The third kappa shape index (κ3) is 5.63. The van der Waals surface area contributed by atoms with Crippen molar-refractivity contribution in [1.82, 2.24) is 15.1 Å². The summed E-state index contributed by atoms with van der Waals surface area (Å²) in [6.45, 7) is 2.46. The number of likely N-dealkylation sites (tertiary alicyclic amines) is 1. The largest absolute Gasteiger partial charge is 0.497 e. The molecular formula is C18H27N3O4. The van der Waals surface area contributed by atoms with Crippen LogP contribution in [-0.2, 0) is 9.59 Å². The van der Waals surface area contributed by atoms with Gasteiger partial charge in [0.1, 0.15) is 18.1 Å². The zero-order chi connectivity index (χ0) is 18.2. The van der Waals surface area contributed by atoms with Crippen molar-refractivity contribution in [1.29, 1.82) is 0 Å². The third-order valence-corrected chi connectivity index (χ3v) is 4.47. The minimum atomic E-state index is -0.584. The Balaban J connectivity index is 1.69. The van der Waals surface area contributed by atoms with Crippen molar-refractivity contribution in [2.24, 2.45) is 0 Å². The number of rotatable bonds is 6. The van der Waals surface area contributed by atoms with Gasteiger partial charge in [0.15, 0.2) is 0 Å². The van der Waals surface area contributed by atoms with Crippen molar-refractivity contribution < 1.29 is 19.1 Å². The molecule has 0 atom stereocenters. The molecule has 25 heavy (non-hydrogen) atoms. The number of carbonyl (C=O) groups excluding carboxylic acids is 2. The van der Waals surface area contributed by atoms with Gasteiger partial charge in [0, 0.05) is 13.1 Å². The van der Waals surface area contributed by atoms with Gasteiger partial charge in [-0.15, -0.1) is 0 Å². The molecule has 1 heterocycles. The topological polar surface area (TPSA) is 71.1 Å². The molecule has 1 saturated heterocycles. The van der Waals surface area contributed by atoms with Gasteiger partial charge < -0.3 is 24.6 Å². The molecular weight excluding hydrogens is 322 g/mol. The van der Waals surface area contributed by atoms with Crippen molar-refractivity contribution >= 4 is 11.8 Å². The van der Waals surface area contributed by atoms with Crippen molar-refractivity contribution in [3.8, 4) is 11.5 Å². The smallest absolute Gasteiger partial charge is 0.311 e. The number of amides is 2. The van der Waals surface area contributed by atoms with E-state index < -0.39 is 11.8 Å². The van der Waals surface area contributed by atoms with Crippen LogP contribution in [0.15, 0.2) is 24.3 Å². The van der Waals surface area contributed by atoms with Crippen LogP contribution in [0.4, 0.5) is 0 Å². The van der Waals surface area contributed by atoms with Crippen LogP contribution in [0.3, 0.4) is 0 Å². The van der Waals surface area contributed by atoms with E-state index in [1.165, 1.54) is 0 Å². The number of piperidine rings is 1. The summed E-state index contributed by atoms with van der Waals surface area (Å²) < 4.78 is 10.6. The normalized spacial score (nSPS) is 15.5. The number of carbonyl (C=O) groups is 2. The lowest BCUT2D eigenvalue weighted by Gasteiger charge is -2.34. The fraction of sp³-hybridized carbons (Fsp3) is 0.556. The molecule has 0 aromatic heterocycles. The maximum absolute atomic E-state index is 12.2. The number of nitrogens with zero attached hydrogens (tertiary/aromatic N) is 2. The van der Waals surface area contributed by atoms with Crippen LogP contribution < -0.4 is 14.8 Å². The quantitative estimate of drug-likeness (QED) is 0.606. The zero-order valence-corrected chi connectivity index (χ0v) is 15.2. The fourth-order valence-corrected chi connectivity index (χ4v) is 2.79. The van der Waals surface area contributed by atoms with E-state index in [-0.39, 0.29) is 12.6 Å². The van der Waals surface area contributed by atoms with E-state index in [1.807, 2.05) is 0 Å².